The van der Waals surface area contributed by atoms with E-state index < -0.39 is 12.1 Å². The summed E-state index contributed by atoms with van der Waals surface area (Å²) in [6.07, 6.45) is 0.656. The molecule has 1 aliphatic heterocycles. The molecular formula is C17H24BrNO4. The Morgan fingerprint density at radius 1 is 1.43 bits per heavy atom. The van der Waals surface area contributed by atoms with Crippen LogP contribution in [-0.4, -0.2) is 54.4 Å². The lowest BCUT2D eigenvalue weighted by Gasteiger charge is -2.44. The van der Waals surface area contributed by atoms with Gasteiger partial charge in [0.05, 0.1) is 24.1 Å². The van der Waals surface area contributed by atoms with Gasteiger partial charge in [-0.1, -0.05) is 12.1 Å². The van der Waals surface area contributed by atoms with E-state index in [0.29, 0.717) is 25.1 Å². The van der Waals surface area contributed by atoms with Crippen LogP contribution in [0.1, 0.15) is 19.8 Å². The van der Waals surface area contributed by atoms with E-state index in [1.54, 1.807) is 0 Å². The van der Waals surface area contributed by atoms with E-state index >= 15 is 0 Å². The molecule has 1 N–H and O–H groups in total. The zero-order valence-electron chi connectivity index (χ0n) is 13.4. The van der Waals surface area contributed by atoms with Gasteiger partial charge in [-0.05, 0) is 35.0 Å². The number of para-hydroxylation sites is 1. The van der Waals surface area contributed by atoms with Gasteiger partial charge in [-0.3, -0.25) is 0 Å². The van der Waals surface area contributed by atoms with Gasteiger partial charge in [-0.15, -0.1) is 0 Å². The summed E-state index contributed by atoms with van der Waals surface area (Å²) in [6, 6.07) is 7.54. The minimum absolute atomic E-state index is 0.229. The average Bonchev–Trinajstić information content (AvgIpc) is 2.54. The first-order chi connectivity index (χ1) is 11.0. The Balaban J connectivity index is 1.86. The molecule has 1 fully saturated rings. The van der Waals surface area contributed by atoms with Crippen molar-refractivity contribution in [1.82, 2.24) is 0 Å². The number of halogens is 1. The molecule has 0 saturated carbocycles. The van der Waals surface area contributed by atoms with Crippen LogP contribution < -0.4 is 9.84 Å². The predicted molar refractivity (Wildman–Crippen MR) is 88.8 cm³/mol. The maximum Gasteiger partial charge on any atom is 0.137 e. The lowest BCUT2D eigenvalue weighted by Crippen LogP contribution is -2.58. The lowest BCUT2D eigenvalue weighted by molar-refractivity contribution is -0.934. The molecule has 1 atom stereocenters. The monoisotopic (exact) mass is 385 g/mol. The molecule has 128 valence electrons. The molecule has 1 aliphatic rings. The second-order valence-corrected chi connectivity index (χ2v) is 7.13. The molecule has 0 bridgehead atoms. The molecule has 2 rings (SSSR count). The molecule has 1 heterocycles. The first kappa shape index (κ1) is 18.2. The highest BCUT2D eigenvalue weighted by Crippen LogP contribution is 2.26. The summed E-state index contributed by atoms with van der Waals surface area (Å²) in [5.74, 6) is -0.580. The van der Waals surface area contributed by atoms with E-state index in [2.05, 4.69) is 22.9 Å². The van der Waals surface area contributed by atoms with Gasteiger partial charge in [0.15, 0.2) is 0 Å². The minimum atomic E-state index is -0.947. The number of piperidine rings is 1. The number of rotatable bonds is 7. The second kappa shape index (κ2) is 8.13. The van der Waals surface area contributed by atoms with E-state index in [4.69, 9.17) is 4.74 Å². The summed E-state index contributed by atoms with van der Waals surface area (Å²) in [5.41, 5.74) is 0. The summed E-state index contributed by atoms with van der Waals surface area (Å²) < 4.78 is 7.28. The van der Waals surface area contributed by atoms with Crippen LogP contribution in [0.2, 0.25) is 0 Å². The normalized spacial score (nSPS) is 25.8. The van der Waals surface area contributed by atoms with Crippen molar-refractivity contribution in [2.45, 2.75) is 25.9 Å². The Morgan fingerprint density at radius 2 is 2.09 bits per heavy atom. The van der Waals surface area contributed by atoms with E-state index in [1.807, 2.05) is 24.3 Å². The molecule has 0 radical (unpaired) electrons. The number of hydrogen-bond acceptors (Lipinski definition) is 4. The van der Waals surface area contributed by atoms with Gasteiger partial charge in [0, 0.05) is 24.7 Å². The highest BCUT2D eigenvalue weighted by Gasteiger charge is 2.34. The van der Waals surface area contributed by atoms with Crippen molar-refractivity contribution in [3.8, 4) is 5.75 Å². The fourth-order valence-corrected chi connectivity index (χ4v) is 3.63. The Bertz CT molecular complexity index is 529. The second-order valence-electron chi connectivity index (χ2n) is 6.28. The molecule has 0 aliphatic carbocycles. The van der Waals surface area contributed by atoms with Crippen molar-refractivity contribution < 1.29 is 24.2 Å². The molecule has 0 amide bonds. The topological polar surface area (TPSA) is 69.6 Å². The van der Waals surface area contributed by atoms with Gasteiger partial charge >= 0.3 is 0 Å². The van der Waals surface area contributed by atoms with E-state index in [9.17, 15) is 15.0 Å². The SMILES string of the molecule is CC[N+]1(CC(O)COc2ccccc2Br)CCC(C(=O)[O-])CC1. The fraction of sp³-hybridized carbons (Fsp3) is 0.588. The van der Waals surface area contributed by atoms with Crippen LogP contribution in [0.25, 0.3) is 0 Å². The number of carbonyl (C=O) groups excluding carboxylic acids is 1. The molecule has 5 nitrogen and oxygen atoms in total. The number of carboxylic acid groups (broad SMARTS) is 1. The lowest BCUT2D eigenvalue weighted by atomic mass is 9.94. The zero-order chi connectivity index (χ0) is 16.9. The first-order valence-electron chi connectivity index (χ1n) is 8.07. The van der Waals surface area contributed by atoms with Crippen LogP contribution >= 0.6 is 15.9 Å². The van der Waals surface area contributed by atoms with Crippen molar-refractivity contribution in [3.05, 3.63) is 28.7 Å². The smallest absolute Gasteiger partial charge is 0.137 e. The Kier molecular flexibility index (Phi) is 6.44. The molecule has 23 heavy (non-hydrogen) atoms. The van der Waals surface area contributed by atoms with E-state index in [-0.39, 0.29) is 12.5 Å². The largest absolute Gasteiger partial charge is 0.550 e. The third kappa shape index (κ3) is 4.93. The molecule has 0 aromatic heterocycles. The van der Waals surface area contributed by atoms with E-state index in [0.717, 1.165) is 28.6 Å². The van der Waals surface area contributed by atoms with Gasteiger partial charge in [-0.2, -0.15) is 0 Å². The minimum Gasteiger partial charge on any atom is -0.550 e. The third-order valence-corrected chi connectivity index (χ3v) is 5.43. The number of quaternary nitrogens is 1. The van der Waals surface area contributed by atoms with Crippen molar-refractivity contribution in [1.29, 1.82) is 0 Å². The van der Waals surface area contributed by atoms with Crippen LogP contribution in [-0.2, 0) is 4.79 Å². The van der Waals surface area contributed by atoms with Crippen LogP contribution in [0.15, 0.2) is 28.7 Å². The molecule has 6 heteroatoms. The average molecular weight is 386 g/mol. The van der Waals surface area contributed by atoms with E-state index in [1.165, 1.54) is 0 Å². The summed E-state index contributed by atoms with van der Waals surface area (Å²) in [5, 5.41) is 21.3. The molecule has 1 aromatic carbocycles. The van der Waals surface area contributed by atoms with Crippen molar-refractivity contribution >= 4 is 21.9 Å². The highest BCUT2D eigenvalue weighted by atomic mass is 79.9. The number of carboxylic acids is 1. The summed E-state index contributed by atoms with van der Waals surface area (Å²) in [7, 11) is 0. The number of nitrogens with zero attached hydrogens (tertiary/aromatic N) is 1. The molecule has 1 saturated heterocycles. The first-order valence-corrected chi connectivity index (χ1v) is 8.86. The number of aliphatic hydroxyl groups excluding tert-OH is 1. The standard InChI is InChI=1S/C17H24BrNO4/c1-2-19(9-7-13(8-10-19)17(21)22)11-14(20)12-23-16-6-4-3-5-15(16)18/h3-6,13-14,20H,2,7-12H2,1H3. The summed E-state index contributed by atoms with van der Waals surface area (Å²) in [6.45, 7) is 5.31. The number of carbonyl (C=O) groups is 1. The highest BCUT2D eigenvalue weighted by molar-refractivity contribution is 9.10. The van der Waals surface area contributed by atoms with Crippen molar-refractivity contribution in [2.75, 3.05) is 32.8 Å². The van der Waals surface area contributed by atoms with Crippen molar-refractivity contribution in [2.24, 2.45) is 5.92 Å². The predicted octanol–water partition coefficient (Wildman–Crippen LogP) is 1.19. The fourth-order valence-electron chi connectivity index (χ4n) is 3.23. The Labute approximate surface area is 145 Å². The Hall–Kier alpha value is -1.11. The quantitative estimate of drug-likeness (QED) is 0.715. The number of likely N-dealkylation sites (N-methyl/N-ethyl adjacent to an activating group) is 1. The zero-order valence-corrected chi connectivity index (χ0v) is 15.0. The maximum atomic E-state index is 11.0. The summed E-state index contributed by atoms with van der Waals surface area (Å²) in [4.78, 5) is 11.0. The number of aliphatic carboxylic acids is 1. The number of hydrogen-bond donors (Lipinski definition) is 1. The Morgan fingerprint density at radius 3 is 2.65 bits per heavy atom. The third-order valence-electron chi connectivity index (χ3n) is 4.77. The summed E-state index contributed by atoms with van der Waals surface area (Å²) >= 11 is 3.42. The molecule has 1 unspecified atom stereocenters. The van der Waals surface area contributed by atoms with Gasteiger partial charge < -0.3 is 24.2 Å². The van der Waals surface area contributed by atoms with Gasteiger partial charge in [0.25, 0.3) is 0 Å². The van der Waals surface area contributed by atoms with Crippen LogP contribution in [0.4, 0.5) is 0 Å². The molecule has 0 spiro atoms. The molecule has 1 aromatic rings. The van der Waals surface area contributed by atoms with Crippen LogP contribution in [0.3, 0.4) is 0 Å². The van der Waals surface area contributed by atoms with Gasteiger partial charge in [-0.25, -0.2) is 0 Å². The maximum absolute atomic E-state index is 11.0. The number of benzene rings is 1. The van der Waals surface area contributed by atoms with Gasteiger partial charge in [0.1, 0.15) is 25.0 Å². The van der Waals surface area contributed by atoms with Crippen molar-refractivity contribution in [3.63, 3.8) is 0 Å². The number of aliphatic hydroxyl groups is 1. The number of likely N-dealkylation sites (tertiary alicyclic amines) is 1. The van der Waals surface area contributed by atoms with Gasteiger partial charge in [0.2, 0.25) is 0 Å². The number of ether oxygens (including phenoxy) is 1. The van der Waals surface area contributed by atoms with Crippen LogP contribution in [0.5, 0.6) is 5.75 Å². The van der Waals surface area contributed by atoms with Crippen LogP contribution in [0, 0.1) is 5.92 Å². The molecular weight excluding hydrogens is 362 g/mol.